The number of fused-ring (bicyclic) bond motifs is 1. The zero-order chi connectivity index (χ0) is 44.0. The van der Waals surface area contributed by atoms with Gasteiger partial charge in [0.1, 0.15) is 36.3 Å². The molecule has 0 radical (unpaired) electrons. The molecule has 10 N–H and O–H groups in total. The van der Waals surface area contributed by atoms with E-state index in [-0.39, 0.29) is 41.6 Å². The molecule has 2 aromatic heterocycles. The van der Waals surface area contributed by atoms with Crippen molar-refractivity contribution in [1.82, 2.24) is 30.2 Å². The quantitative estimate of drug-likeness (QED) is 0.0455. The minimum absolute atomic E-state index is 0.0329. The van der Waals surface area contributed by atoms with Crippen molar-refractivity contribution in [3.05, 3.63) is 12.7 Å². The number of phosphoric acid groups is 3. The van der Waals surface area contributed by atoms with Crippen LogP contribution in [0.4, 0.5) is 5.82 Å². The molecular weight excluding hydrogens is 869 g/mol. The van der Waals surface area contributed by atoms with Gasteiger partial charge in [-0.25, -0.2) is 28.6 Å². The number of carbonyl (C=O) groups excluding carboxylic acids is 3. The lowest BCUT2D eigenvalue weighted by Crippen LogP contribution is -2.46. The molecule has 0 spiro atoms. The molecule has 0 aromatic carbocycles. The molecule has 2 unspecified atom stereocenters. The standard InChI is InChI=1S/C31H54N7O17P3S/c1-4-5-6-7-8-9-10-11-22(40)59-15-14-33-21(39)12-13-34-29(43)26(42)31(2,3)17-52-58(49,50)55-57(47,48)51-16-20-25(54-56(44,45)46)24(41)30(53-20)38-19-37-23-27(32)35-18-36-28(23)38/h18-20,24-26,30,41-42H,4-17H2,1-3H3,(H,33,39)(H,34,43)(H,47,48)(H,49,50)(H2,32,35,36)(H2,44,45,46)/t20-,24-,25-,26+,30-/m1/s1/i22+2. The minimum atomic E-state index is -5.57. The van der Waals surface area contributed by atoms with Gasteiger partial charge in [-0.1, -0.05) is 71.1 Å². The van der Waals surface area contributed by atoms with Gasteiger partial charge in [0.2, 0.25) is 11.8 Å². The van der Waals surface area contributed by atoms with Crippen molar-refractivity contribution in [2.45, 2.75) is 109 Å². The first kappa shape index (κ1) is 50.9. The Labute approximate surface area is 344 Å². The summed E-state index contributed by atoms with van der Waals surface area (Å²) in [7, 11) is -16.4. The van der Waals surface area contributed by atoms with Gasteiger partial charge in [0.05, 0.1) is 19.5 Å². The Hall–Kier alpha value is -2.44. The van der Waals surface area contributed by atoms with Gasteiger partial charge < -0.3 is 50.9 Å². The van der Waals surface area contributed by atoms with Crippen LogP contribution in [0.5, 0.6) is 0 Å². The number of aliphatic hydroxyl groups excluding tert-OH is 2. The van der Waals surface area contributed by atoms with Crippen LogP contribution in [-0.2, 0) is 50.7 Å². The maximum atomic E-state index is 12.7. The van der Waals surface area contributed by atoms with Crippen LogP contribution in [0.1, 0.15) is 84.8 Å². The third-order valence-corrected chi connectivity index (χ3v) is 12.8. The molecular formula is C31H54N7O17P3S. The summed E-state index contributed by atoms with van der Waals surface area (Å²) in [4.78, 5) is 87.8. The highest BCUT2D eigenvalue weighted by molar-refractivity contribution is 8.13. The molecule has 1 aliphatic rings. The van der Waals surface area contributed by atoms with E-state index >= 15 is 0 Å². The average molecular weight is 924 g/mol. The Bertz CT molecular complexity index is 1850. The molecule has 1 saturated heterocycles. The molecule has 28 heteroatoms. The number of hydrogen-bond donors (Lipinski definition) is 9. The number of unbranched alkanes of at least 4 members (excludes halogenated alkanes) is 6. The van der Waals surface area contributed by atoms with Crippen molar-refractivity contribution in [1.29, 1.82) is 0 Å². The lowest BCUT2D eigenvalue weighted by atomic mass is 9.87. The molecule has 7 atom stereocenters. The van der Waals surface area contributed by atoms with Crippen molar-refractivity contribution in [2.24, 2.45) is 5.41 Å². The Morgan fingerprint density at radius 3 is 2.36 bits per heavy atom. The number of hydrogen-bond acceptors (Lipinski definition) is 18. The fourth-order valence-corrected chi connectivity index (χ4v) is 9.14. The van der Waals surface area contributed by atoms with Gasteiger partial charge in [-0.2, -0.15) is 4.31 Å². The van der Waals surface area contributed by atoms with Crippen molar-refractivity contribution in [3.8, 4) is 0 Å². The fourth-order valence-electron chi connectivity index (χ4n) is 5.59. The van der Waals surface area contributed by atoms with E-state index in [1.807, 2.05) is 0 Å². The second-order valence-electron chi connectivity index (χ2n) is 14.2. The van der Waals surface area contributed by atoms with Crippen LogP contribution in [0, 0.1) is 5.41 Å². The highest BCUT2D eigenvalue weighted by Crippen LogP contribution is 2.61. The van der Waals surface area contributed by atoms with E-state index in [2.05, 4.69) is 41.3 Å². The zero-order valence-electron chi connectivity index (χ0n) is 32.7. The Morgan fingerprint density at radius 2 is 1.68 bits per heavy atom. The molecule has 336 valence electrons. The molecule has 0 aliphatic carbocycles. The fraction of sp³-hybridized carbons (Fsp3) is 0.742. The Morgan fingerprint density at radius 1 is 1.02 bits per heavy atom. The maximum absolute atomic E-state index is 12.7. The first-order valence-corrected chi connectivity index (χ1v) is 24.1. The highest BCUT2D eigenvalue weighted by atomic mass is 32.2. The molecule has 3 heterocycles. The topological polar surface area (TPSA) is 364 Å². The van der Waals surface area contributed by atoms with Crippen LogP contribution in [0.25, 0.3) is 11.2 Å². The number of imidazole rings is 1. The van der Waals surface area contributed by atoms with Crippen LogP contribution in [-0.4, -0.2) is 123 Å². The van der Waals surface area contributed by atoms with E-state index < -0.39 is 84.6 Å². The predicted octanol–water partition coefficient (Wildman–Crippen LogP) is 1.81. The zero-order valence-corrected chi connectivity index (χ0v) is 36.2. The normalized spacial score (nSPS) is 21.2. The summed E-state index contributed by atoms with van der Waals surface area (Å²) in [6.07, 6.45) is 1.35. The molecule has 0 saturated carbocycles. The second kappa shape index (κ2) is 23.1. The summed E-state index contributed by atoms with van der Waals surface area (Å²) >= 11 is 1.14. The number of nitrogen functional groups attached to an aromatic ring is 1. The number of anilines is 1. The number of nitrogens with one attached hydrogen (secondary N) is 2. The van der Waals surface area contributed by atoms with Crippen molar-refractivity contribution < 1.29 is 80.5 Å². The third kappa shape index (κ3) is 17.1. The van der Waals surface area contributed by atoms with Gasteiger partial charge in [0, 0.05) is 37.1 Å². The first-order chi connectivity index (χ1) is 27.6. The Balaban J connectivity index is 1.42. The van der Waals surface area contributed by atoms with Gasteiger partial charge in [0.15, 0.2) is 22.8 Å². The second-order valence-corrected chi connectivity index (χ2v) is 19.5. The monoisotopic (exact) mass is 923 g/mol. The number of aliphatic hydroxyl groups is 2. The van der Waals surface area contributed by atoms with Crippen LogP contribution in [0.2, 0.25) is 0 Å². The van der Waals surface area contributed by atoms with Gasteiger partial charge in [0.25, 0.3) is 0 Å². The number of carbonyl (C=O) groups is 3. The van der Waals surface area contributed by atoms with E-state index in [1.54, 1.807) is 0 Å². The number of rotatable bonds is 27. The molecule has 3 rings (SSSR count). The van der Waals surface area contributed by atoms with Gasteiger partial charge in [-0.3, -0.25) is 32.5 Å². The Kier molecular flexibility index (Phi) is 20.0. The molecule has 24 nitrogen and oxygen atoms in total. The number of phosphoric ester groups is 3. The number of nitrogens with two attached hydrogens (primary N) is 1. The summed E-state index contributed by atoms with van der Waals surface area (Å²) in [5, 5.41) is 26.5. The first-order valence-electron chi connectivity index (χ1n) is 18.6. The largest absolute Gasteiger partial charge is 0.481 e. The van der Waals surface area contributed by atoms with Crippen molar-refractivity contribution >= 4 is 69.1 Å². The van der Waals surface area contributed by atoms with Crippen molar-refractivity contribution in [3.63, 3.8) is 0 Å². The van der Waals surface area contributed by atoms with Crippen LogP contribution >= 0.6 is 35.2 Å². The van der Waals surface area contributed by atoms with Gasteiger partial charge in [-0.05, 0) is 6.42 Å². The number of amides is 2. The highest BCUT2D eigenvalue weighted by Gasteiger charge is 2.50. The maximum Gasteiger partial charge on any atom is 0.481 e. The molecule has 59 heavy (non-hydrogen) atoms. The number of thioether (sulfide) groups is 1. The predicted molar refractivity (Wildman–Crippen MR) is 210 cm³/mol. The van der Waals surface area contributed by atoms with Gasteiger partial charge in [-0.15, -0.1) is 0 Å². The SMILES string of the molecule is CCCCCCCCC[14C](=O)SCCNC(=O)CCNC(=O)[C@H](O)C(C)(C)COP(=O)(O)OP(=O)(O)OC[C@H]1O[C@@H](n2cnc3c(N)ncnc32)[C@H](O)[C@@H]1OP(=O)(O)O. The molecule has 1 fully saturated rings. The summed E-state index contributed by atoms with van der Waals surface area (Å²) in [5.74, 6) is -1.03. The third-order valence-electron chi connectivity index (χ3n) is 8.75. The van der Waals surface area contributed by atoms with E-state index in [4.69, 9.17) is 19.5 Å². The molecule has 1 aliphatic heterocycles. The van der Waals surface area contributed by atoms with E-state index in [9.17, 15) is 57.9 Å². The molecule has 0 bridgehead atoms. The van der Waals surface area contributed by atoms with Crippen LogP contribution < -0.4 is 16.4 Å². The van der Waals surface area contributed by atoms with E-state index in [0.29, 0.717) is 12.2 Å². The summed E-state index contributed by atoms with van der Waals surface area (Å²) in [6, 6.07) is 0. The van der Waals surface area contributed by atoms with Gasteiger partial charge >= 0.3 is 23.5 Å². The number of nitrogens with zero attached hydrogens (tertiary/aromatic N) is 4. The number of aromatic nitrogens is 4. The van der Waals surface area contributed by atoms with E-state index in [1.165, 1.54) is 39.5 Å². The average Bonchev–Trinajstić information content (AvgIpc) is 3.71. The van der Waals surface area contributed by atoms with E-state index in [0.717, 1.165) is 48.2 Å². The van der Waals surface area contributed by atoms with Crippen LogP contribution in [0.3, 0.4) is 0 Å². The summed E-state index contributed by atoms with van der Waals surface area (Å²) in [5.41, 5.74) is 4.28. The summed E-state index contributed by atoms with van der Waals surface area (Å²) in [6.45, 7) is 2.73. The lowest BCUT2D eigenvalue weighted by Gasteiger charge is -2.30. The summed E-state index contributed by atoms with van der Waals surface area (Å²) < 4.78 is 62.2. The number of ether oxygens (including phenoxy) is 1. The molecule has 2 amide bonds. The minimum Gasteiger partial charge on any atom is -0.386 e. The smallest absolute Gasteiger partial charge is 0.386 e. The van der Waals surface area contributed by atoms with Crippen LogP contribution in [0.15, 0.2) is 12.7 Å². The molecule has 2 aromatic rings. The lowest BCUT2D eigenvalue weighted by molar-refractivity contribution is -0.137. The van der Waals surface area contributed by atoms with Crippen molar-refractivity contribution in [2.75, 3.05) is 37.8 Å².